The quantitative estimate of drug-likeness (QED) is 0.489. The minimum Gasteiger partial charge on any atom is -0.465 e. The summed E-state index contributed by atoms with van der Waals surface area (Å²) in [5, 5.41) is 11.4. The number of pyridine rings is 1. The van der Waals surface area contributed by atoms with E-state index >= 15 is 0 Å². The number of benzene rings is 1. The van der Waals surface area contributed by atoms with Crippen molar-refractivity contribution in [1.29, 1.82) is 0 Å². The number of amides is 1. The number of nitrogens with zero attached hydrogens (tertiary/aromatic N) is 4. The SMILES string of the molecule is CS(=O)(=O)c1cccc(-c2cccc(N3CCC(CCN(Cc4cscn4)C(=O)O)CC3)n2)c1. The van der Waals surface area contributed by atoms with Gasteiger partial charge in [-0.15, -0.1) is 11.3 Å². The normalized spacial score (nSPS) is 14.8. The Bertz CT molecular complexity index is 1220. The molecule has 180 valence electrons. The molecule has 0 bridgehead atoms. The highest BCUT2D eigenvalue weighted by atomic mass is 32.2. The number of anilines is 1. The highest BCUT2D eigenvalue weighted by Gasteiger charge is 2.22. The van der Waals surface area contributed by atoms with Crippen molar-refractivity contribution >= 4 is 33.1 Å². The van der Waals surface area contributed by atoms with Crippen molar-refractivity contribution in [3.8, 4) is 11.3 Å². The van der Waals surface area contributed by atoms with Gasteiger partial charge in [-0.25, -0.2) is 23.2 Å². The minimum absolute atomic E-state index is 0.281. The lowest BCUT2D eigenvalue weighted by Crippen LogP contribution is -2.36. The Morgan fingerprint density at radius 1 is 1.21 bits per heavy atom. The van der Waals surface area contributed by atoms with Gasteiger partial charge in [0.05, 0.1) is 28.3 Å². The number of thiazole rings is 1. The summed E-state index contributed by atoms with van der Waals surface area (Å²) in [5.74, 6) is 1.33. The molecule has 1 amide bonds. The van der Waals surface area contributed by atoms with Gasteiger partial charge in [-0.3, -0.25) is 0 Å². The van der Waals surface area contributed by atoms with E-state index in [4.69, 9.17) is 4.98 Å². The van der Waals surface area contributed by atoms with Gasteiger partial charge in [0.15, 0.2) is 9.84 Å². The van der Waals surface area contributed by atoms with Gasteiger partial charge in [-0.2, -0.15) is 0 Å². The fraction of sp³-hybridized carbons (Fsp3) is 0.375. The Morgan fingerprint density at radius 2 is 1.97 bits per heavy atom. The van der Waals surface area contributed by atoms with Crippen LogP contribution in [0.2, 0.25) is 0 Å². The highest BCUT2D eigenvalue weighted by molar-refractivity contribution is 7.90. The van der Waals surface area contributed by atoms with Crippen LogP contribution < -0.4 is 4.90 Å². The number of rotatable bonds is 8. The molecule has 1 saturated heterocycles. The van der Waals surface area contributed by atoms with Gasteiger partial charge >= 0.3 is 6.09 Å². The number of aromatic nitrogens is 2. The van der Waals surface area contributed by atoms with Crippen LogP contribution in [0.4, 0.5) is 10.6 Å². The van der Waals surface area contributed by atoms with Gasteiger partial charge in [0.1, 0.15) is 5.82 Å². The van der Waals surface area contributed by atoms with E-state index in [0.717, 1.165) is 55.1 Å². The lowest BCUT2D eigenvalue weighted by Gasteiger charge is -2.33. The number of hydrogen-bond donors (Lipinski definition) is 1. The largest absolute Gasteiger partial charge is 0.465 e. The third-order valence-electron chi connectivity index (χ3n) is 6.14. The lowest BCUT2D eigenvalue weighted by atomic mass is 9.93. The van der Waals surface area contributed by atoms with Crippen LogP contribution in [-0.4, -0.2) is 60.4 Å². The second kappa shape index (κ2) is 10.5. The van der Waals surface area contributed by atoms with Gasteiger partial charge in [0.2, 0.25) is 0 Å². The maximum atomic E-state index is 11.9. The molecule has 3 heterocycles. The Hall–Kier alpha value is -2.98. The molecule has 0 radical (unpaired) electrons. The summed E-state index contributed by atoms with van der Waals surface area (Å²) < 4.78 is 23.8. The molecule has 1 N–H and O–H groups in total. The first kappa shape index (κ1) is 24.2. The molecule has 3 aromatic rings. The van der Waals surface area contributed by atoms with Crippen LogP contribution in [0.15, 0.2) is 58.3 Å². The third kappa shape index (κ3) is 6.12. The van der Waals surface area contributed by atoms with Crippen LogP contribution in [0.25, 0.3) is 11.3 Å². The molecule has 34 heavy (non-hydrogen) atoms. The number of piperidine rings is 1. The van der Waals surface area contributed by atoms with Crippen molar-refractivity contribution in [3.05, 3.63) is 59.0 Å². The Morgan fingerprint density at radius 3 is 2.65 bits per heavy atom. The number of hydrogen-bond acceptors (Lipinski definition) is 7. The van der Waals surface area contributed by atoms with Crippen molar-refractivity contribution in [2.45, 2.75) is 30.7 Å². The molecule has 4 rings (SSSR count). The molecule has 0 atom stereocenters. The molecule has 1 fully saturated rings. The van der Waals surface area contributed by atoms with E-state index in [9.17, 15) is 18.3 Å². The molecule has 0 saturated carbocycles. The fourth-order valence-electron chi connectivity index (χ4n) is 4.19. The standard InChI is InChI=1S/C24H28N4O4S2/c1-34(31,32)21-5-2-4-19(14-21)22-6-3-7-23(26-22)27-11-8-18(9-12-27)10-13-28(24(29)30)15-20-16-33-17-25-20/h2-7,14,16-18H,8-13,15H2,1H3,(H,29,30). The van der Waals surface area contributed by atoms with E-state index < -0.39 is 15.9 Å². The molecule has 0 spiro atoms. The van der Waals surface area contributed by atoms with Crippen molar-refractivity contribution in [2.24, 2.45) is 5.92 Å². The summed E-state index contributed by atoms with van der Waals surface area (Å²) in [5.41, 5.74) is 4.02. The van der Waals surface area contributed by atoms with Crippen molar-refractivity contribution in [2.75, 3.05) is 30.8 Å². The average Bonchev–Trinajstić information content (AvgIpc) is 3.35. The van der Waals surface area contributed by atoms with Gasteiger partial charge in [0.25, 0.3) is 0 Å². The molecule has 10 heteroatoms. The maximum absolute atomic E-state index is 11.9. The van der Waals surface area contributed by atoms with Crippen molar-refractivity contribution in [3.63, 3.8) is 0 Å². The van der Waals surface area contributed by atoms with E-state index in [2.05, 4.69) is 9.88 Å². The Labute approximate surface area is 203 Å². The Kier molecular flexibility index (Phi) is 7.47. The molecule has 2 aromatic heterocycles. The molecule has 1 aliphatic rings. The van der Waals surface area contributed by atoms with Crippen LogP contribution in [-0.2, 0) is 16.4 Å². The first-order chi connectivity index (χ1) is 16.3. The zero-order valence-corrected chi connectivity index (χ0v) is 20.6. The highest BCUT2D eigenvalue weighted by Crippen LogP contribution is 2.27. The zero-order valence-electron chi connectivity index (χ0n) is 19.0. The average molecular weight is 501 g/mol. The summed E-state index contributed by atoms with van der Waals surface area (Å²) in [6, 6.07) is 12.7. The zero-order chi connectivity index (χ0) is 24.1. The van der Waals surface area contributed by atoms with Gasteiger partial charge in [-0.05, 0) is 49.4 Å². The lowest BCUT2D eigenvalue weighted by molar-refractivity contribution is 0.137. The van der Waals surface area contributed by atoms with Crippen LogP contribution in [0.1, 0.15) is 25.0 Å². The minimum atomic E-state index is -3.28. The summed E-state index contributed by atoms with van der Waals surface area (Å²) in [6.07, 6.45) is 3.07. The maximum Gasteiger partial charge on any atom is 0.407 e. The van der Waals surface area contributed by atoms with E-state index in [-0.39, 0.29) is 4.90 Å². The summed E-state index contributed by atoms with van der Waals surface area (Å²) in [6.45, 7) is 2.53. The van der Waals surface area contributed by atoms with E-state index in [1.165, 1.54) is 22.5 Å². The predicted octanol–water partition coefficient (Wildman–Crippen LogP) is 4.40. The smallest absolute Gasteiger partial charge is 0.407 e. The second-order valence-electron chi connectivity index (χ2n) is 8.58. The number of carboxylic acid groups (broad SMARTS) is 1. The van der Waals surface area contributed by atoms with Gasteiger partial charge in [0, 0.05) is 36.8 Å². The summed E-state index contributed by atoms with van der Waals surface area (Å²) in [4.78, 5) is 24.6. The molecule has 1 aromatic carbocycles. The third-order valence-corrected chi connectivity index (χ3v) is 7.89. The molecule has 1 aliphatic heterocycles. The van der Waals surface area contributed by atoms with E-state index in [1.807, 2.05) is 29.6 Å². The van der Waals surface area contributed by atoms with E-state index in [0.29, 0.717) is 19.0 Å². The number of sulfone groups is 1. The summed E-state index contributed by atoms with van der Waals surface area (Å²) >= 11 is 1.47. The molecule has 0 unspecified atom stereocenters. The monoisotopic (exact) mass is 500 g/mol. The van der Waals surface area contributed by atoms with Gasteiger partial charge < -0.3 is 14.9 Å². The first-order valence-corrected chi connectivity index (χ1v) is 14.0. The van der Waals surface area contributed by atoms with Crippen LogP contribution in [0, 0.1) is 5.92 Å². The molecular formula is C24H28N4O4S2. The predicted molar refractivity (Wildman–Crippen MR) is 133 cm³/mol. The fourth-order valence-corrected chi connectivity index (χ4v) is 5.41. The number of carbonyl (C=O) groups is 1. The van der Waals surface area contributed by atoms with Crippen molar-refractivity contribution in [1.82, 2.24) is 14.9 Å². The molecule has 8 nitrogen and oxygen atoms in total. The van der Waals surface area contributed by atoms with Crippen LogP contribution in [0.3, 0.4) is 0 Å². The summed E-state index contributed by atoms with van der Waals surface area (Å²) in [7, 11) is -3.28. The van der Waals surface area contributed by atoms with Gasteiger partial charge in [-0.1, -0.05) is 18.2 Å². The second-order valence-corrected chi connectivity index (χ2v) is 11.3. The topological polar surface area (TPSA) is 104 Å². The Balaban J connectivity index is 1.35. The van der Waals surface area contributed by atoms with Crippen LogP contribution in [0.5, 0.6) is 0 Å². The molecular weight excluding hydrogens is 472 g/mol. The van der Waals surface area contributed by atoms with Crippen LogP contribution >= 0.6 is 11.3 Å². The first-order valence-electron chi connectivity index (χ1n) is 11.2. The van der Waals surface area contributed by atoms with E-state index in [1.54, 1.807) is 23.7 Å². The molecule has 0 aliphatic carbocycles. The van der Waals surface area contributed by atoms with Crippen molar-refractivity contribution < 1.29 is 18.3 Å².